The number of methoxy groups -OCH3 is 1. The third-order valence-electron chi connectivity index (χ3n) is 2.59. The maximum Gasteiger partial charge on any atom is 0.141 e. The van der Waals surface area contributed by atoms with Crippen molar-refractivity contribution < 1.29 is 4.74 Å². The van der Waals surface area contributed by atoms with Crippen LogP contribution in [-0.4, -0.2) is 21.5 Å². The molecule has 3 aromatic rings. The van der Waals surface area contributed by atoms with Crippen LogP contribution in [0, 0.1) is 0 Å². The largest absolute Gasteiger partial charge is 0.497 e. The van der Waals surface area contributed by atoms with E-state index in [9.17, 15) is 0 Å². The van der Waals surface area contributed by atoms with Gasteiger partial charge in [-0.05, 0) is 18.2 Å². The van der Waals surface area contributed by atoms with E-state index in [2.05, 4.69) is 9.97 Å². The van der Waals surface area contributed by atoms with Crippen molar-refractivity contribution in [3.63, 3.8) is 0 Å². The first kappa shape index (κ1) is 9.84. The Kier molecular flexibility index (Phi) is 2.26. The van der Waals surface area contributed by atoms with Gasteiger partial charge in [0.25, 0.3) is 0 Å². The number of imidazole rings is 1. The van der Waals surface area contributed by atoms with Crippen LogP contribution in [0.3, 0.4) is 0 Å². The minimum Gasteiger partial charge on any atom is -0.497 e. The Morgan fingerprint density at radius 2 is 2.12 bits per heavy atom. The smallest absolute Gasteiger partial charge is 0.141 e. The van der Waals surface area contributed by atoms with E-state index in [0.717, 1.165) is 22.8 Å². The van der Waals surface area contributed by atoms with Gasteiger partial charge in [0.15, 0.2) is 0 Å². The lowest BCUT2D eigenvalue weighted by Gasteiger charge is -1.98. The second kappa shape index (κ2) is 3.90. The zero-order valence-electron chi connectivity index (χ0n) is 9.37. The normalized spacial score (nSPS) is 10.6. The van der Waals surface area contributed by atoms with Gasteiger partial charge < -0.3 is 9.14 Å². The van der Waals surface area contributed by atoms with Crippen molar-refractivity contribution in [1.29, 1.82) is 0 Å². The fraction of sp³-hybridized carbons (Fsp3) is 0.0769. The van der Waals surface area contributed by atoms with Crippen LogP contribution >= 0.6 is 0 Å². The Labute approximate surface area is 98.5 Å². The molecule has 0 bridgehead atoms. The van der Waals surface area contributed by atoms with Crippen molar-refractivity contribution >= 4 is 5.65 Å². The van der Waals surface area contributed by atoms with Crippen molar-refractivity contribution in [2.75, 3.05) is 7.11 Å². The van der Waals surface area contributed by atoms with Crippen molar-refractivity contribution in [1.82, 2.24) is 14.4 Å². The molecule has 4 nitrogen and oxygen atoms in total. The Bertz CT molecular complexity index is 646. The number of ether oxygens (including phenoxy) is 1. The lowest BCUT2D eigenvalue weighted by atomic mass is 10.3. The first-order valence-corrected chi connectivity index (χ1v) is 5.31. The summed E-state index contributed by atoms with van der Waals surface area (Å²) in [4.78, 5) is 8.79. The van der Waals surface area contributed by atoms with E-state index in [1.807, 2.05) is 47.1 Å². The summed E-state index contributed by atoms with van der Waals surface area (Å²) < 4.78 is 7.12. The van der Waals surface area contributed by atoms with Crippen LogP contribution in [0.1, 0.15) is 0 Å². The van der Waals surface area contributed by atoms with Crippen LogP contribution in [0.4, 0.5) is 0 Å². The molecule has 0 saturated heterocycles. The molecule has 4 heteroatoms. The van der Waals surface area contributed by atoms with Gasteiger partial charge in [-0.2, -0.15) is 0 Å². The van der Waals surface area contributed by atoms with Crippen LogP contribution in [0.5, 0.6) is 5.75 Å². The zero-order chi connectivity index (χ0) is 11.7. The Balaban J connectivity index is 2.14. The van der Waals surface area contributed by atoms with Crippen LogP contribution in [0.25, 0.3) is 17.0 Å². The Hall–Kier alpha value is -2.36. The number of aromatic nitrogens is 3. The van der Waals surface area contributed by atoms with Crippen LogP contribution in [0.15, 0.2) is 48.9 Å². The lowest BCUT2D eigenvalue weighted by molar-refractivity contribution is 0.414. The molecule has 3 aromatic heterocycles. The van der Waals surface area contributed by atoms with E-state index >= 15 is 0 Å². The van der Waals surface area contributed by atoms with E-state index in [-0.39, 0.29) is 0 Å². The lowest BCUT2D eigenvalue weighted by Crippen LogP contribution is -1.86. The minimum absolute atomic E-state index is 0.802. The average molecular weight is 225 g/mol. The molecule has 0 N–H and O–H groups in total. The summed E-state index contributed by atoms with van der Waals surface area (Å²) >= 11 is 0. The molecule has 0 aliphatic rings. The quantitative estimate of drug-likeness (QED) is 0.672. The molecule has 0 aliphatic carbocycles. The van der Waals surface area contributed by atoms with E-state index in [0.29, 0.717) is 0 Å². The van der Waals surface area contributed by atoms with Gasteiger partial charge in [0.2, 0.25) is 0 Å². The van der Waals surface area contributed by atoms with Gasteiger partial charge in [-0.15, -0.1) is 0 Å². The van der Waals surface area contributed by atoms with E-state index in [4.69, 9.17) is 4.74 Å². The average Bonchev–Trinajstić information content (AvgIpc) is 2.82. The highest BCUT2D eigenvalue weighted by atomic mass is 16.5. The van der Waals surface area contributed by atoms with Crippen molar-refractivity contribution in [2.24, 2.45) is 0 Å². The monoisotopic (exact) mass is 225 g/mol. The SMILES string of the molecule is COc1ccn2cc(-c3ccccn3)nc2c1. The number of fused-ring (bicyclic) bond motifs is 1. The third-order valence-corrected chi connectivity index (χ3v) is 2.59. The van der Waals surface area contributed by atoms with Gasteiger partial charge in [-0.25, -0.2) is 4.98 Å². The summed E-state index contributed by atoms with van der Waals surface area (Å²) in [6.07, 6.45) is 5.64. The number of nitrogens with zero attached hydrogens (tertiary/aromatic N) is 3. The first-order valence-electron chi connectivity index (χ1n) is 5.31. The first-order chi connectivity index (χ1) is 8.36. The molecule has 0 aliphatic heterocycles. The van der Waals surface area contributed by atoms with E-state index in [1.165, 1.54) is 0 Å². The number of pyridine rings is 2. The van der Waals surface area contributed by atoms with Gasteiger partial charge in [-0.1, -0.05) is 6.07 Å². The zero-order valence-corrected chi connectivity index (χ0v) is 9.37. The second-order valence-corrected chi connectivity index (χ2v) is 3.67. The van der Waals surface area contributed by atoms with Gasteiger partial charge in [0.05, 0.1) is 12.8 Å². The molecule has 3 rings (SSSR count). The molecule has 0 radical (unpaired) electrons. The molecule has 84 valence electrons. The molecule has 0 saturated carbocycles. The molecule has 0 aromatic carbocycles. The third kappa shape index (κ3) is 1.73. The summed E-state index contributed by atoms with van der Waals surface area (Å²) in [6, 6.07) is 9.58. The van der Waals surface area contributed by atoms with Crippen molar-refractivity contribution in [3.05, 3.63) is 48.9 Å². The molecule has 0 unspecified atom stereocenters. The number of rotatable bonds is 2. The summed E-state index contributed by atoms with van der Waals surface area (Å²) in [5.41, 5.74) is 2.58. The molecule has 0 spiro atoms. The van der Waals surface area contributed by atoms with Gasteiger partial charge in [0.1, 0.15) is 17.1 Å². The maximum absolute atomic E-state index is 5.17. The fourth-order valence-electron chi connectivity index (χ4n) is 1.73. The molecule has 0 amide bonds. The number of hydrogen-bond acceptors (Lipinski definition) is 3. The topological polar surface area (TPSA) is 39.4 Å². The molecule has 0 atom stereocenters. The molecular weight excluding hydrogens is 214 g/mol. The van der Waals surface area contributed by atoms with Gasteiger partial charge in [0, 0.05) is 24.7 Å². The van der Waals surface area contributed by atoms with Gasteiger partial charge in [-0.3, -0.25) is 4.98 Å². The Morgan fingerprint density at radius 3 is 2.88 bits per heavy atom. The fourth-order valence-corrected chi connectivity index (χ4v) is 1.73. The summed E-state index contributed by atoms with van der Waals surface area (Å²) in [6.45, 7) is 0. The summed E-state index contributed by atoms with van der Waals surface area (Å²) in [7, 11) is 1.65. The van der Waals surface area contributed by atoms with Crippen molar-refractivity contribution in [2.45, 2.75) is 0 Å². The highest BCUT2D eigenvalue weighted by Gasteiger charge is 2.05. The predicted octanol–water partition coefficient (Wildman–Crippen LogP) is 2.40. The Morgan fingerprint density at radius 1 is 1.18 bits per heavy atom. The van der Waals surface area contributed by atoms with Crippen LogP contribution in [0.2, 0.25) is 0 Å². The standard InChI is InChI=1S/C13H11N3O/c1-17-10-5-7-16-9-12(15-13(16)8-10)11-4-2-3-6-14-11/h2-9H,1H3. The highest BCUT2D eigenvalue weighted by Crippen LogP contribution is 2.19. The van der Waals surface area contributed by atoms with Crippen LogP contribution < -0.4 is 4.74 Å². The minimum atomic E-state index is 0.802. The van der Waals surface area contributed by atoms with E-state index in [1.54, 1.807) is 13.3 Å². The summed E-state index contributed by atoms with van der Waals surface area (Å²) in [5, 5.41) is 0. The molecule has 3 heterocycles. The number of hydrogen-bond donors (Lipinski definition) is 0. The second-order valence-electron chi connectivity index (χ2n) is 3.67. The highest BCUT2D eigenvalue weighted by molar-refractivity contribution is 5.59. The molecule has 0 fully saturated rings. The summed E-state index contributed by atoms with van der Waals surface area (Å²) in [5.74, 6) is 0.802. The molecule has 17 heavy (non-hydrogen) atoms. The predicted molar refractivity (Wildman–Crippen MR) is 65.0 cm³/mol. The van der Waals surface area contributed by atoms with Gasteiger partial charge >= 0.3 is 0 Å². The molecular formula is C13H11N3O. The maximum atomic E-state index is 5.17. The van der Waals surface area contributed by atoms with E-state index < -0.39 is 0 Å². The van der Waals surface area contributed by atoms with Crippen LogP contribution in [-0.2, 0) is 0 Å². The van der Waals surface area contributed by atoms with Crippen molar-refractivity contribution in [3.8, 4) is 17.1 Å².